The van der Waals surface area contributed by atoms with E-state index >= 15 is 0 Å². The van der Waals surface area contributed by atoms with E-state index in [0.717, 1.165) is 11.4 Å². The number of piperidine rings is 1. The Hall–Kier alpha value is -2.93. The number of hydrogen-bond donors (Lipinski definition) is 3. The number of benzene rings is 2. The Kier molecular flexibility index (Phi) is 4.31. The van der Waals surface area contributed by atoms with Crippen LogP contribution < -0.4 is 10.6 Å². The number of nitrogens with zero attached hydrogens (tertiary/aromatic N) is 1. The maximum absolute atomic E-state index is 13.0. The lowest BCUT2D eigenvalue weighted by atomic mass is 9.84. The van der Waals surface area contributed by atoms with Gasteiger partial charge in [-0.15, -0.1) is 0 Å². The third kappa shape index (κ3) is 3.14. The Morgan fingerprint density at radius 2 is 1.70 bits per heavy atom. The average Bonchev–Trinajstić information content (AvgIpc) is 2.69. The molecule has 1 saturated heterocycles. The van der Waals surface area contributed by atoms with E-state index in [1.165, 1.54) is 24.3 Å². The van der Waals surface area contributed by atoms with Gasteiger partial charge in [0.25, 0.3) is 5.91 Å². The fourth-order valence-electron chi connectivity index (χ4n) is 3.68. The summed E-state index contributed by atoms with van der Waals surface area (Å²) in [6.45, 7) is 0.694. The summed E-state index contributed by atoms with van der Waals surface area (Å²) in [5, 5.41) is 16.6. The molecular formula is C20H20FN3O3. The molecule has 2 aliphatic rings. The first kappa shape index (κ1) is 17.5. The zero-order valence-corrected chi connectivity index (χ0v) is 14.6. The highest BCUT2D eigenvalue weighted by atomic mass is 19.1. The van der Waals surface area contributed by atoms with Crippen LogP contribution in [-0.4, -0.2) is 40.4 Å². The Bertz CT molecular complexity index is 876. The number of halogens is 1. The van der Waals surface area contributed by atoms with Gasteiger partial charge in [0.2, 0.25) is 5.91 Å². The fraction of sp³-hybridized carbons (Fsp3) is 0.300. The molecule has 2 aromatic carbocycles. The van der Waals surface area contributed by atoms with Gasteiger partial charge in [0.05, 0.1) is 11.4 Å². The van der Waals surface area contributed by atoms with Crippen molar-refractivity contribution in [3.05, 3.63) is 59.9 Å². The highest BCUT2D eigenvalue weighted by Gasteiger charge is 2.45. The SMILES string of the molecule is O=C([C@H](O)c1ccc(F)cc1)N1CCC2(CC1)Nc1ccccc1NC2=O. The summed E-state index contributed by atoms with van der Waals surface area (Å²) in [4.78, 5) is 26.8. The van der Waals surface area contributed by atoms with Crippen molar-refractivity contribution in [2.24, 2.45) is 0 Å². The molecule has 7 heteroatoms. The van der Waals surface area contributed by atoms with Crippen LogP contribution in [0.5, 0.6) is 0 Å². The number of carbonyl (C=O) groups excluding carboxylic acids is 2. The van der Waals surface area contributed by atoms with Gasteiger partial charge in [-0.3, -0.25) is 9.59 Å². The van der Waals surface area contributed by atoms with Gasteiger partial charge >= 0.3 is 0 Å². The molecule has 2 aliphatic heterocycles. The van der Waals surface area contributed by atoms with Gasteiger partial charge in [0.15, 0.2) is 6.10 Å². The highest BCUT2D eigenvalue weighted by molar-refractivity contribution is 6.06. The number of aliphatic hydroxyl groups excluding tert-OH is 1. The van der Waals surface area contributed by atoms with Crippen LogP contribution in [0.4, 0.5) is 15.8 Å². The Balaban J connectivity index is 1.45. The maximum atomic E-state index is 13.0. The summed E-state index contributed by atoms with van der Waals surface area (Å²) in [6, 6.07) is 12.7. The first-order chi connectivity index (χ1) is 13.0. The lowest BCUT2D eigenvalue weighted by Gasteiger charge is -2.44. The van der Waals surface area contributed by atoms with Crippen molar-refractivity contribution in [1.82, 2.24) is 4.90 Å². The Morgan fingerprint density at radius 1 is 1.07 bits per heavy atom. The molecule has 3 N–H and O–H groups in total. The first-order valence-corrected chi connectivity index (χ1v) is 8.89. The van der Waals surface area contributed by atoms with E-state index in [-0.39, 0.29) is 5.91 Å². The van der Waals surface area contributed by atoms with Crippen molar-refractivity contribution >= 4 is 23.2 Å². The highest BCUT2D eigenvalue weighted by Crippen LogP contribution is 2.36. The van der Waals surface area contributed by atoms with Crippen LogP contribution in [0.1, 0.15) is 24.5 Å². The summed E-state index contributed by atoms with van der Waals surface area (Å²) in [6.07, 6.45) is -0.460. The van der Waals surface area contributed by atoms with Crippen molar-refractivity contribution < 1.29 is 19.1 Å². The molecule has 140 valence electrons. The first-order valence-electron chi connectivity index (χ1n) is 8.89. The van der Waals surface area contributed by atoms with Crippen molar-refractivity contribution in [1.29, 1.82) is 0 Å². The lowest BCUT2D eigenvalue weighted by molar-refractivity contribution is -0.143. The minimum atomic E-state index is -1.34. The Morgan fingerprint density at radius 3 is 2.37 bits per heavy atom. The average molecular weight is 369 g/mol. The number of fused-ring (bicyclic) bond motifs is 1. The van der Waals surface area contributed by atoms with E-state index in [1.54, 1.807) is 4.90 Å². The molecule has 0 aromatic heterocycles. The van der Waals surface area contributed by atoms with Crippen LogP contribution in [-0.2, 0) is 9.59 Å². The normalized spacial score (nSPS) is 19.0. The molecule has 2 aromatic rings. The molecule has 1 atom stereocenters. The number of amides is 2. The Labute approximate surface area is 156 Å². The predicted molar refractivity (Wildman–Crippen MR) is 98.6 cm³/mol. The van der Waals surface area contributed by atoms with Crippen LogP contribution >= 0.6 is 0 Å². The van der Waals surface area contributed by atoms with Crippen LogP contribution in [0.3, 0.4) is 0 Å². The molecule has 2 amide bonds. The standard InChI is InChI=1S/C20H20FN3O3/c21-14-7-5-13(6-8-14)17(25)18(26)24-11-9-20(10-12-24)19(27)22-15-3-1-2-4-16(15)23-20/h1-8,17,23,25H,9-12H2,(H,22,27)/t17-/m1/s1. The number of para-hydroxylation sites is 2. The van der Waals surface area contributed by atoms with Gasteiger partial charge < -0.3 is 20.6 Å². The van der Waals surface area contributed by atoms with E-state index in [9.17, 15) is 19.1 Å². The summed E-state index contributed by atoms with van der Waals surface area (Å²) < 4.78 is 13.0. The molecule has 0 bridgehead atoms. The van der Waals surface area contributed by atoms with Crippen LogP contribution in [0.25, 0.3) is 0 Å². The lowest BCUT2D eigenvalue weighted by Crippen LogP contribution is -2.59. The number of rotatable bonds is 2. The topological polar surface area (TPSA) is 81.7 Å². The van der Waals surface area contributed by atoms with Crippen molar-refractivity contribution in [2.45, 2.75) is 24.5 Å². The van der Waals surface area contributed by atoms with E-state index in [0.29, 0.717) is 31.5 Å². The van der Waals surface area contributed by atoms with Crippen molar-refractivity contribution in [3.63, 3.8) is 0 Å². The van der Waals surface area contributed by atoms with Gasteiger partial charge in [0, 0.05) is 13.1 Å². The zero-order chi connectivity index (χ0) is 19.0. The summed E-state index contributed by atoms with van der Waals surface area (Å²) >= 11 is 0. The second kappa shape index (κ2) is 6.66. The van der Waals surface area contributed by atoms with E-state index in [4.69, 9.17) is 0 Å². The van der Waals surface area contributed by atoms with E-state index in [2.05, 4.69) is 10.6 Å². The number of hydrogen-bond acceptors (Lipinski definition) is 4. The zero-order valence-electron chi connectivity index (χ0n) is 14.6. The molecular weight excluding hydrogens is 349 g/mol. The molecule has 0 unspecified atom stereocenters. The summed E-state index contributed by atoms with van der Waals surface area (Å²) in [5.41, 5.74) is 1.21. The largest absolute Gasteiger partial charge is 0.378 e. The van der Waals surface area contributed by atoms with Crippen molar-refractivity contribution in [2.75, 3.05) is 23.7 Å². The molecule has 1 fully saturated rings. The van der Waals surface area contributed by atoms with Crippen molar-refractivity contribution in [3.8, 4) is 0 Å². The molecule has 1 spiro atoms. The fourth-order valence-corrected chi connectivity index (χ4v) is 3.68. The summed E-state index contributed by atoms with van der Waals surface area (Å²) in [5.74, 6) is -0.964. The minimum Gasteiger partial charge on any atom is -0.378 e. The molecule has 2 heterocycles. The molecule has 0 aliphatic carbocycles. The monoisotopic (exact) mass is 369 g/mol. The van der Waals surface area contributed by atoms with Crippen LogP contribution in [0.2, 0.25) is 0 Å². The van der Waals surface area contributed by atoms with Crippen LogP contribution in [0, 0.1) is 5.82 Å². The second-order valence-electron chi connectivity index (χ2n) is 6.99. The van der Waals surface area contributed by atoms with Crippen LogP contribution in [0.15, 0.2) is 48.5 Å². The van der Waals surface area contributed by atoms with Gasteiger partial charge in [-0.05, 0) is 42.7 Å². The number of anilines is 2. The third-order valence-electron chi connectivity index (χ3n) is 5.33. The molecule has 0 radical (unpaired) electrons. The number of aliphatic hydroxyl groups is 1. The van der Waals surface area contributed by atoms with Gasteiger partial charge in [0.1, 0.15) is 11.4 Å². The molecule has 0 saturated carbocycles. The third-order valence-corrected chi connectivity index (χ3v) is 5.33. The van der Waals surface area contributed by atoms with E-state index in [1.807, 2.05) is 24.3 Å². The quantitative estimate of drug-likeness (QED) is 0.759. The van der Waals surface area contributed by atoms with Gasteiger partial charge in [-0.1, -0.05) is 24.3 Å². The number of likely N-dealkylation sites (tertiary alicyclic amines) is 1. The minimum absolute atomic E-state index is 0.104. The molecule has 4 rings (SSSR count). The number of carbonyl (C=O) groups is 2. The smallest absolute Gasteiger partial charge is 0.256 e. The van der Waals surface area contributed by atoms with E-state index < -0.39 is 23.4 Å². The maximum Gasteiger partial charge on any atom is 0.256 e. The van der Waals surface area contributed by atoms with Gasteiger partial charge in [-0.2, -0.15) is 0 Å². The van der Waals surface area contributed by atoms with Gasteiger partial charge in [-0.25, -0.2) is 4.39 Å². The second-order valence-corrected chi connectivity index (χ2v) is 6.99. The summed E-state index contributed by atoms with van der Waals surface area (Å²) in [7, 11) is 0. The number of nitrogens with one attached hydrogen (secondary N) is 2. The predicted octanol–water partition coefficient (Wildman–Crippen LogP) is 2.28. The molecule has 27 heavy (non-hydrogen) atoms. The molecule has 6 nitrogen and oxygen atoms in total.